The Morgan fingerprint density at radius 2 is 2.00 bits per heavy atom. The molecule has 2 aromatic carbocycles. The minimum absolute atomic E-state index is 0.168. The van der Waals surface area contributed by atoms with Crippen LogP contribution in [0.1, 0.15) is 23.1 Å². The number of aryl methyl sites for hydroxylation is 2. The topological polar surface area (TPSA) is 38.5 Å². The molecule has 0 amide bonds. The van der Waals surface area contributed by atoms with Crippen LogP contribution in [0.15, 0.2) is 42.0 Å². The number of hydrogen-bond donors (Lipinski definition) is 1. The number of fused-ring (bicyclic) bond motifs is 1. The first-order chi connectivity index (χ1) is 11.5. The normalized spacial score (nSPS) is 13.5. The van der Waals surface area contributed by atoms with Gasteiger partial charge >= 0.3 is 0 Å². The number of hydrazine groups is 1. The molecule has 0 radical (unpaired) electrons. The van der Waals surface area contributed by atoms with Crippen molar-refractivity contribution >= 4 is 17.3 Å². The third-order valence-corrected chi connectivity index (χ3v) is 4.43. The quantitative estimate of drug-likeness (QED) is 0.661. The number of benzene rings is 2. The summed E-state index contributed by atoms with van der Waals surface area (Å²) in [6.07, 6.45) is 1.26. The molecule has 0 saturated carbocycles. The number of halogens is 2. The molecule has 126 valence electrons. The van der Waals surface area contributed by atoms with Gasteiger partial charge in [-0.1, -0.05) is 23.7 Å². The SMILES string of the molecule is Cc1ccc(CCC2=C(N(C)N)c3cc(Cl)ccc3OC2)c(F)c1. The van der Waals surface area contributed by atoms with E-state index in [2.05, 4.69) is 0 Å². The average molecular weight is 347 g/mol. The molecular formula is C19H20ClFN2O. The molecule has 0 bridgehead atoms. The van der Waals surface area contributed by atoms with Crippen molar-refractivity contribution in [2.24, 2.45) is 5.84 Å². The van der Waals surface area contributed by atoms with Gasteiger partial charge in [0.2, 0.25) is 0 Å². The summed E-state index contributed by atoms with van der Waals surface area (Å²) in [4.78, 5) is 0. The zero-order valence-corrected chi connectivity index (χ0v) is 14.5. The van der Waals surface area contributed by atoms with Crippen LogP contribution in [0.3, 0.4) is 0 Å². The fourth-order valence-electron chi connectivity index (χ4n) is 3.01. The van der Waals surface area contributed by atoms with Gasteiger partial charge < -0.3 is 9.75 Å². The van der Waals surface area contributed by atoms with Crippen LogP contribution in [0.4, 0.5) is 4.39 Å². The van der Waals surface area contributed by atoms with E-state index >= 15 is 0 Å². The third-order valence-electron chi connectivity index (χ3n) is 4.19. The summed E-state index contributed by atoms with van der Waals surface area (Å²) in [5.41, 5.74) is 4.42. The van der Waals surface area contributed by atoms with Gasteiger partial charge in [-0.25, -0.2) is 10.2 Å². The van der Waals surface area contributed by atoms with E-state index in [0.717, 1.165) is 28.1 Å². The van der Waals surface area contributed by atoms with E-state index in [-0.39, 0.29) is 5.82 Å². The number of rotatable bonds is 4. The number of nitrogens with zero attached hydrogens (tertiary/aromatic N) is 1. The highest BCUT2D eigenvalue weighted by atomic mass is 35.5. The van der Waals surface area contributed by atoms with Crippen LogP contribution in [0.5, 0.6) is 5.75 Å². The smallest absolute Gasteiger partial charge is 0.129 e. The maximum Gasteiger partial charge on any atom is 0.129 e. The molecule has 0 unspecified atom stereocenters. The molecule has 0 fully saturated rings. The van der Waals surface area contributed by atoms with Crippen molar-refractivity contribution in [1.82, 2.24) is 5.01 Å². The van der Waals surface area contributed by atoms with Crippen molar-refractivity contribution < 1.29 is 9.13 Å². The first-order valence-corrected chi connectivity index (χ1v) is 8.21. The summed E-state index contributed by atoms with van der Waals surface area (Å²) in [6.45, 7) is 2.32. The second kappa shape index (κ2) is 6.83. The van der Waals surface area contributed by atoms with Crippen LogP contribution >= 0.6 is 11.6 Å². The molecule has 0 aromatic heterocycles. The van der Waals surface area contributed by atoms with Crippen molar-refractivity contribution in [3.63, 3.8) is 0 Å². The predicted molar refractivity (Wildman–Crippen MR) is 95.3 cm³/mol. The molecule has 2 N–H and O–H groups in total. The average Bonchev–Trinajstić information content (AvgIpc) is 2.53. The molecule has 0 saturated heterocycles. The van der Waals surface area contributed by atoms with Crippen molar-refractivity contribution in [2.75, 3.05) is 13.7 Å². The molecule has 2 aromatic rings. The maximum absolute atomic E-state index is 14.1. The summed E-state index contributed by atoms with van der Waals surface area (Å²) < 4.78 is 19.9. The maximum atomic E-state index is 14.1. The van der Waals surface area contributed by atoms with Crippen LogP contribution in [-0.2, 0) is 6.42 Å². The second-order valence-electron chi connectivity index (χ2n) is 6.09. The van der Waals surface area contributed by atoms with Gasteiger partial charge in [0.1, 0.15) is 18.2 Å². The van der Waals surface area contributed by atoms with Gasteiger partial charge in [-0.3, -0.25) is 0 Å². The van der Waals surface area contributed by atoms with Crippen LogP contribution in [-0.4, -0.2) is 18.7 Å². The van der Waals surface area contributed by atoms with E-state index in [9.17, 15) is 4.39 Å². The molecular weight excluding hydrogens is 327 g/mol. The van der Waals surface area contributed by atoms with E-state index in [0.29, 0.717) is 30.0 Å². The molecule has 3 nitrogen and oxygen atoms in total. The minimum atomic E-state index is -0.168. The van der Waals surface area contributed by atoms with E-state index in [1.54, 1.807) is 24.2 Å². The lowest BCUT2D eigenvalue weighted by molar-refractivity contribution is 0.331. The summed E-state index contributed by atoms with van der Waals surface area (Å²) in [6, 6.07) is 10.8. The molecule has 0 atom stereocenters. The number of ether oxygens (including phenoxy) is 1. The summed E-state index contributed by atoms with van der Waals surface area (Å²) in [5, 5.41) is 2.21. The lowest BCUT2D eigenvalue weighted by atomic mass is 9.97. The Balaban J connectivity index is 1.91. The molecule has 0 spiro atoms. The first kappa shape index (κ1) is 16.8. The number of nitrogens with two attached hydrogens (primary N) is 1. The van der Waals surface area contributed by atoms with E-state index in [1.165, 1.54) is 0 Å². The van der Waals surface area contributed by atoms with E-state index in [1.807, 2.05) is 31.2 Å². The third kappa shape index (κ3) is 3.40. The highest BCUT2D eigenvalue weighted by Crippen LogP contribution is 2.36. The van der Waals surface area contributed by atoms with Gasteiger partial charge in [0.15, 0.2) is 0 Å². The monoisotopic (exact) mass is 346 g/mol. The molecule has 24 heavy (non-hydrogen) atoms. The van der Waals surface area contributed by atoms with Gasteiger partial charge in [0, 0.05) is 17.6 Å². The Hall–Kier alpha value is -2.04. The predicted octanol–water partition coefficient (Wildman–Crippen LogP) is 4.33. The Morgan fingerprint density at radius 3 is 2.71 bits per heavy atom. The Bertz CT molecular complexity index is 802. The fraction of sp³-hybridized carbons (Fsp3) is 0.263. The Morgan fingerprint density at radius 1 is 1.21 bits per heavy atom. The van der Waals surface area contributed by atoms with E-state index < -0.39 is 0 Å². The molecule has 5 heteroatoms. The fourth-order valence-corrected chi connectivity index (χ4v) is 3.18. The lowest BCUT2D eigenvalue weighted by Crippen LogP contribution is -2.29. The Labute approximate surface area is 146 Å². The van der Waals surface area contributed by atoms with E-state index in [4.69, 9.17) is 22.2 Å². The van der Waals surface area contributed by atoms with Gasteiger partial charge in [0.05, 0.1) is 5.70 Å². The molecule has 1 heterocycles. The summed E-state index contributed by atoms with van der Waals surface area (Å²) in [5.74, 6) is 6.64. The molecule has 1 aliphatic rings. The summed E-state index contributed by atoms with van der Waals surface area (Å²) in [7, 11) is 1.79. The van der Waals surface area contributed by atoms with Gasteiger partial charge in [-0.2, -0.15) is 0 Å². The lowest BCUT2D eigenvalue weighted by Gasteiger charge is -2.28. The van der Waals surface area contributed by atoms with Crippen LogP contribution in [0.2, 0.25) is 5.02 Å². The second-order valence-corrected chi connectivity index (χ2v) is 6.52. The van der Waals surface area contributed by atoms with Gasteiger partial charge in [-0.15, -0.1) is 0 Å². The van der Waals surface area contributed by atoms with Crippen molar-refractivity contribution in [1.29, 1.82) is 0 Å². The van der Waals surface area contributed by atoms with Gasteiger partial charge in [-0.05, 0) is 60.7 Å². The van der Waals surface area contributed by atoms with Crippen LogP contribution in [0, 0.1) is 12.7 Å². The molecule has 0 aliphatic carbocycles. The zero-order chi connectivity index (χ0) is 17.3. The number of hydrogen-bond acceptors (Lipinski definition) is 3. The first-order valence-electron chi connectivity index (χ1n) is 7.84. The highest BCUT2D eigenvalue weighted by molar-refractivity contribution is 6.30. The van der Waals surface area contributed by atoms with Crippen LogP contribution in [0.25, 0.3) is 5.70 Å². The standard InChI is InChI=1S/C19H20ClFN2O/c1-12-3-4-13(17(21)9-12)5-6-14-11-24-18-8-7-15(20)10-16(18)19(14)23(2)22/h3-4,7-10H,5-6,11,22H2,1-2H3. The zero-order valence-electron chi connectivity index (χ0n) is 13.8. The Kier molecular flexibility index (Phi) is 4.78. The van der Waals surface area contributed by atoms with Gasteiger partial charge in [0.25, 0.3) is 0 Å². The molecule has 3 rings (SSSR count). The molecule has 1 aliphatic heterocycles. The van der Waals surface area contributed by atoms with Crippen molar-refractivity contribution in [3.8, 4) is 5.75 Å². The van der Waals surface area contributed by atoms with Crippen LogP contribution < -0.4 is 10.6 Å². The minimum Gasteiger partial charge on any atom is -0.488 e. The largest absolute Gasteiger partial charge is 0.488 e. The van der Waals surface area contributed by atoms with Crippen molar-refractivity contribution in [3.05, 3.63) is 69.5 Å². The summed E-state index contributed by atoms with van der Waals surface area (Å²) >= 11 is 6.12. The highest BCUT2D eigenvalue weighted by Gasteiger charge is 2.22. The van der Waals surface area contributed by atoms with Crippen molar-refractivity contribution in [2.45, 2.75) is 19.8 Å².